The first-order valence-corrected chi connectivity index (χ1v) is 6.91. The van der Waals surface area contributed by atoms with Gasteiger partial charge < -0.3 is 16.0 Å². The number of hydrogen-bond acceptors (Lipinski definition) is 3. The van der Waals surface area contributed by atoms with E-state index in [-0.39, 0.29) is 17.5 Å². The third kappa shape index (κ3) is 7.67. The molecule has 0 saturated carbocycles. The topological polar surface area (TPSA) is 58.4 Å². The predicted molar refractivity (Wildman–Crippen MR) is 77.4 cm³/mol. The fourth-order valence-corrected chi connectivity index (χ4v) is 1.87. The van der Waals surface area contributed by atoms with Gasteiger partial charge in [-0.25, -0.2) is 0 Å². The Kier molecular flexibility index (Phi) is 7.48. The molecule has 0 heterocycles. The maximum Gasteiger partial charge on any atom is 0.222 e. The molecule has 0 spiro atoms. The number of hydrogen-bond donors (Lipinski definition) is 2. The zero-order valence-corrected chi connectivity index (χ0v) is 12.9. The van der Waals surface area contributed by atoms with Crippen molar-refractivity contribution in [3.8, 4) is 0 Å². The molecule has 3 N–H and O–H groups in total. The average Bonchev–Trinajstić information content (AvgIpc) is 2.22. The summed E-state index contributed by atoms with van der Waals surface area (Å²) in [5.74, 6) is 0.712. The van der Waals surface area contributed by atoms with E-state index in [2.05, 4.69) is 24.1 Å². The largest absolute Gasteiger partial charge is 0.351 e. The van der Waals surface area contributed by atoms with Gasteiger partial charge in [-0.2, -0.15) is 0 Å². The first-order valence-electron chi connectivity index (χ1n) is 6.91. The van der Waals surface area contributed by atoms with Crippen LogP contribution in [0.1, 0.15) is 47.5 Å². The number of likely N-dealkylation sites (N-methyl/N-ethyl adjacent to an activating group) is 1. The number of nitrogens with one attached hydrogen (secondary N) is 1. The van der Waals surface area contributed by atoms with Crippen LogP contribution in [-0.2, 0) is 4.79 Å². The molecule has 18 heavy (non-hydrogen) atoms. The minimum atomic E-state index is -0.175. The number of nitrogens with two attached hydrogens (primary N) is 1. The minimum absolute atomic E-state index is 0.0777. The van der Waals surface area contributed by atoms with Crippen LogP contribution in [0.15, 0.2) is 0 Å². The van der Waals surface area contributed by atoms with Gasteiger partial charge in [-0.05, 0) is 33.7 Å². The van der Waals surface area contributed by atoms with E-state index in [0.29, 0.717) is 18.9 Å². The van der Waals surface area contributed by atoms with Crippen molar-refractivity contribution in [1.82, 2.24) is 10.2 Å². The summed E-state index contributed by atoms with van der Waals surface area (Å²) in [6, 6.07) is 0.126. The van der Waals surface area contributed by atoms with Gasteiger partial charge in [-0.3, -0.25) is 4.79 Å². The second-order valence-electron chi connectivity index (χ2n) is 6.34. The molecule has 2 atom stereocenters. The van der Waals surface area contributed by atoms with E-state index in [1.165, 1.54) is 0 Å². The molecule has 0 aliphatic heterocycles. The molecule has 4 nitrogen and oxygen atoms in total. The van der Waals surface area contributed by atoms with Crippen molar-refractivity contribution >= 4 is 5.91 Å². The first kappa shape index (κ1) is 17.4. The Balaban J connectivity index is 4.29. The van der Waals surface area contributed by atoms with Crippen molar-refractivity contribution < 1.29 is 4.79 Å². The normalized spacial score (nSPS) is 15.6. The van der Waals surface area contributed by atoms with Crippen molar-refractivity contribution in [3.05, 3.63) is 0 Å². The van der Waals surface area contributed by atoms with E-state index >= 15 is 0 Å². The fraction of sp³-hybridized carbons (Fsp3) is 0.929. The molecule has 4 heteroatoms. The van der Waals surface area contributed by atoms with Crippen molar-refractivity contribution in [3.63, 3.8) is 0 Å². The second kappa shape index (κ2) is 7.74. The summed E-state index contributed by atoms with van der Waals surface area (Å²) in [5.41, 5.74) is 5.61. The Bertz CT molecular complexity index is 248. The molecule has 0 aliphatic carbocycles. The first-order chi connectivity index (χ1) is 8.19. The van der Waals surface area contributed by atoms with Gasteiger partial charge in [0.15, 0.2) is 0 Å². The molecule has 0 bridgehead atoms. The molecule has 0 aromatic carbocycles. The third-order valence-electron chi connectivity index (χ3n) is 3.13. The molecule has 0 aromatic rings. The highest BCUT2D eigenvalue weighted by atomic mass is 16.1. The van der Waals surface area contributed by atoms with Gasteiger partial charge in [0.1, 0.15) is 0 Å². The summed E-state index contributed by atoms with van der Waals surface area (Å²) >= 11 is 0. The zero-order chi connectivity index (χ0) is 14.3. The maximum atomic E-state index is 11.9. The van der Waals surface area contributed by atoms with Crippen molar-refractivity contribution in [2.45, 2.75) is 59.0 Å². The van der Waals surface area contributed by atoms with E-state index in [4.69, 9.17) is 5.73 Å². The molecule has 0 saturated heterocycles. The van der Waals surface area contributed by atoms with E-state index in [9.17, 15) is 4.79 Å². The lowest BCUT2D eigenvalue weighted by molar-refractivity contribution is -0.123. The number of amides is 1. The van der Waals surface area contributed by atoms with Gasteiger partial charge in [0, 0.05) is 31.1 Å². The average molecular weight is 257 g/mol. The quantitative estimate of drug-likeness (QED) is 0.728. The summed E-state index contributed by atoms with van der Waals surface area (Å²) in [6.45, 7) is 11.9. The number of nitrogens with zero attached hydrogens (tertiary/aromatic N) is 1. The Hall–Kier alpha value is -0.610. The molecular weight excluding hydrogens is 226 g/mol. The van der Waals surface area contributed by atoms with Crippen LogP contribution in [0, 0.1) is 5.92 Å². The van der Waals surface area contributed by atoms with Gasteiger partial charge in [0.05, 0.1) is 0 Å². The van der Waals surface area contributed by atoms with Gasteiger partial charge in [0.25, 0.3) is 0 Å². The van der Waals surface area contributed by atoms with Gasteiger partial charge >= 0.3 is 0 Å². The molecule has 0 radical (unpaired) electrons. The third-order valence-corrected chi connectivity index (χ3v) is 3.13. The van der Waals surface area contributed by atoms with Gasteiger partial charge in [-0.15, -0.1) is 0 Å². The predicted octanol–water partition coefficient (Wildman–Crippen LogP) is 1.60. The molecule has 0 rings (SSSR count). The summed E-state index contributed by atoms with van der Waals surface area (Å²) in [4.78, 5) is 14.1. The van der Waals surface area contributed by atoms with Crippen LogP contribution in [0.2, 0.25) is 0 Å². The van der Waals surface area contributed by atoms with E-state index in [1.54, 1.807) is 0 Å². The molecule has 108 valence electrons. The number of carbonyl (C=O) groups is 1. The highest BCUT2D eigenvalue weighted by molar-refractivity contribution is 5.77. The second-order valence-corrected chi connectivity index (χ2v) is 6.34. The van der Waals surface area contributed by atoms with Crippen LogP contribution in [0.3, 0.4) is 0 Å². The SMILES string of the molecule is CCC(C)CN(C)C(CN)CC(=O)NC(C)(C)C. The number of carbonyl (C=O) groups excluding carboxylic acids is 1. The molecule has 0 aromatic heterocycles. The van der Waals surface area contributed by atoms with Crippen LogP contribution in [0.25, 0.3) is 0 Å². The van der Waals surface area contributed by atoms with Gasteiger partial charge in [0.2, 0.25) is 5.91 Å². The maximum absolute atomic E-state index is 11.9. The lowest BCUT2D eigenvalue weighted by atomic mass is 10.1. The number of rotatable bonds is 7. The Morgan fingerprint density at radius 1 is 1.39 bits per heavy atom. The molecule has 1 amide bonds. The van der Waals surface area contributed by atoms with Crippen LogP contribution in [0.5, 0.6) is 0 Å². The summed E-state index contributed by atoms with van der Waals surface area (Å²) < 4.78 is 0. The standard InChI is InChI=1S/C14H31N3O/c1-7-11(2)10-17(6)12(9-15)8-13(18)16-14(3,4)5/h11-12H,7-10,15H2,1-6H3,(H,16,18). The smallest absolute Gasteiger partial charge is 0.222 e. The van der Waals surface area contributed by atoms with Gasteiger partial charge in [-0.1, -0.05) is 20.3 Å². The van der Waals surface area contributed by atoms with E-state index in [0.717, 1.165) is 13.0 Å². The fourth-order valence-electron chi connectivity index (χ4n) is 1.87. The van der Waals surface area contributed by atoms with Crippen LogP contribution < -0.4 is 11.1 Å². The lowest BCUT2D eigenvalue weighted by Crippen LogP contribution is -2.47. The Labute approximate surface area is 112 Å². The highest BCUT2D eigenvalue weighted by Gasteiger charge is 2.21. The summed E-state index contributed by atoms with van der Waals surface area (Å²) in [7, 11) is 2.05. The molecule has 0 fully saturated rings. The monoisotopic (exact) mass is 257 g/mol. The molecule has 0 aliphatic rings. The van der Waals surface area contributed by atoms with E-state index in [1.807, 2.05) is 27.8 Å². The van der Waals surface area contributed by atoms with E-state index < -0.39 is 0 Å². The van der Waals surface area contributed by atoms with Crippen molar-refractivity contribution in [1.29, 1.82) is 0 Å². The summed E-state index contributed by atoms with van der Waals surface area (Å²) in [5, 5.41) is 2.98. The highest BCUT2D eigenvalue weighted by Crippen LogP contribution is 2.09. The van der Waals surface area contributed by atoms with Crippen molar-refractivity contribution in [2.75, 3.05) is 20.1 Å². The van der Waals surface area contributed by atoms with Crippen LogP contribution in [-0.4, -0.2) is 42.5 Å². The van der Waals surface area contributed by atoms with Crippen LogP contribution in [0.4, 0.5) is 0 Å². The summed E-state index contributed by atoms with van der Waals surface area (Å²) in [6.07, 6.45) is 1.62. The zero-order valence-electron chi connectivity index (χ0n) is 12.9. The minimum Gasteiger partial charge on any atom is -0.351 e. The Morgan fingerprint density at radius 3 is 2.33 bits per heavy atom. The van der Waals surface area contributed by atoms with Crippen molar-refractivity contribution in [2.24, 2.45) is 11.7 Å². The molecular formula is C14H31N3O. The van der Waals surface area contributed by atoms with Crippen LogP contribution >= 0.6 is 0 Å². The molecule has 2 unspecified atom stereocenters. The lowest BCUT2D eigenvalue weighted by Gasteiger charge is -2.30. The Morgan fingerprint density at radius 2 is 1.94 bits per heavy atom.